The van der Waals surface area contributed by atoms with Crippen molar-refractivity contribution in [2.24, 2.45) is 0 Å². The van der Waals surface area contributed by atoms with Gasteiger partial charge in [-0.15, -0.1) is 0 Å². The van der Waals surface area contributed by atoms with E-state index in [1.165, 1.54) is 7.11 Å². The van der Waals surface area contributed by atoms with E-state index in [9.17, 15) is 5.11 Å². The fraction of sp³-hybridized carbons (Fsp3) is 0.333. The molecule has 0 amide bonds. The zero-order chi connectivity index (χ0) is 16.6. The van der Waals surface area contributed by atoms with Crippen LogP contribution < -0.4 is 18.9 Å². The molecule has 5 nitrogen and oxygen atoms in total. The average molecular weight is 316 g/mol. The Kier molecular flexibility index (Phi) is 3.94. The lowest BCUT2D eigenvalue weighted by molar-refractivity contribution is 0.339. The first kappa shape index (κ1) is 15.3. The van der Waals surface area contributed by atoms with E-state index in [1.807, 2.05) is 18.2 Å². The minimum Gasteiger partial charge on any atom is -0.502 e. The van der Waals surface area contributed by atoms with Crippen molar-refractivity contribution in [2.75, 3.05) is 28.4 Å². The van der Waals surface area contributed by atoms with Crippen LogP contribution >= 0.6 is 0 Å². The maximum Gasteiger partial charge on any atom is 0.201 e. The van der Waals surface area contributed by atoms with Gasteiger partial charge in [-0.05, 0) is 47.7 Å². The van der Waals surface area contributed by atoms with Crippen LogP contribution in [0.4, 0.5) is 0 Å². The first-order valence-corrected chi connectivity index (χ1v) is 7.36. The van der Waals surface area contributed by atoms with Gasteiger partial charge < -0.3 is 24.1 Å². The summed E-state index contributed by atoms with van der Waals surface area (Å²) in [4.78, 5) is 0. The van der Waals surface area contributed by atoms with Gasteiger partial charge in [-0.1, -0.05) is 0 Å². The zero-order valence-corrected chi connectivity index (χ0v) is 13.7. The van der Waals surface area contributed by atoms with E-state index < -0.39 is 0 Å². The summed E-state index contributed by atoms with van der Waals surface area (Å²) in [5, 5.41) is 10.4. The first-order valence-electron chi connectivity index (χ1n) is 7.36. The van der Waals surface area contributed by atoms with Gasteiger partial charge >= 0.3 is 0 Å². The van der Waals surface area contributed by atoms with Gasteiger partial charge in [0.2, 0.25) is 5.75 Å². The largest absolute Gasteiger partial charge is 0.502 e. The van der Waals surface area contributed by atoms with Crippen molar-refractivity contribution in [1.82, 2.24) is 0 Å². The van der Waals surface area contributed by atoms with Gasteiger partial charge in [0.15, 0.2) is 23.0 Å². The molecule has 1 N–H and O–H groups in total. The maximum absolute atomic E-state index is 10.4. The van der Waals surface area contributed by atoms with Crippen LogP contribution in [0.2, 0.25) is 0 Å². The molecule has 23 heavy (non-hydrogen) atoms. The molecule has 0 aliphatic heterocycles. The second kappa shape index (κ2) is 5.91. The summed E-state index contributed by atoms with van der Waals surface area (Å²) in [7, 11) is 6.31. The lowest BCUT2D eigenvalue weighted by atomic mass is 9.84. The van der Waals surface area contributed by atoms with Crippen LogP contribution in [-0.2, 0) is 12.8 Å². The van der Waals surface area contributed by atoms with Crippen molar-refractivity contribution in [2.45, 2.75) is 12.8 Å². The van der Waals surface area contributed by atoms with E-state index >= 15 is 0 Å². The summed E-state index contributed by atoms with van der Waals surface area (Å²) in [6, 6.07) is 5.78. The molecule has 122 valence electrons. The number of phenolic OH excluding ortho intramolecular Hbond substituents is 1. The number of hydrogen-bond acceptors (Lipinski definition) is 5. The Morgan fingerprint density at radius 2 is 1.30 bits per heavy atom. The van der Waals surface area contributed by atoms with Crippen molar-refractivity contribution in [1.29, 1.82) is 0 Å². The molecule has 0 saturated carbocycles. The molecule has 0 aromatic heterocycles. The van der Waals surface area contributed by atoms with Crippen molar-refractivity contribution in [3.05, 3.63) is 29.3 Å². The summed E-state index contributed by atoms with van der Waals surface area (Å²) in [5.74, 6) is 2.20. The van der Waals surface area contributed by atoms with Crippen LogP contribution in [0, 0.1) is 0 Å². The third-order valence-corrected chi connectivity index (χ3v) is 4.27. The average Bonchev–Trinajstić information content (AvgIpc) is 2.59. The zero-order valence-electron chi connectivity index (χ0n) is 13.7. The van der Waals surface area contributed by atoms with E-state index in [-0.39, 0.29) is 5.75 Å². The number of hydrogen-bond donors (Lipinski definition) is 1. The van der Waals surface area contributed by atoms with Crippen molar-refractivity contribution in [3.8, 4) is 39.9 Å². The number of phenols is 1. The van der Waals surface area contributed by atoms with Gasteiger partial charge in [-0.3, -0.25) is 0 Å². The van der Waals surface area contributed by atoms with Crippen LogP contribution in [0.3, 0.4) is 0 Å². The monoisotopic (exact) mass is 316 g/mol. The number of aryl methyl sites for hydroxylation is 2. The number of methoxy groups -OCH3 is 4. The van der Waals surface area contributed by atoms with Gasteiger partial charge in [0, 0.05) is 5.56 Å². The summed E-state index contributed by atoms with van der Waals surface area (Å²) in [6.07, 6.45) is 1.71. The van der Waals surface area contributed by atoms with Gasteiger partial charge in [-0.2, -0.15) is 0 Å². The molecule has 0 unspecified atom stereocenters. The lowest BCUT2D eigenvalue weighted by Crippen LogP contribution is -2.07. The third kappa shape index (κ3) is 2.32. The smallest absolute Gasteiger partial charge is 0.201 e. The molecule has 0 radical (unpaired) electrons. The fourth-order valence-electron chi connectivity index (χ4n) is 3.15. The molecule has 0 atom stereocenters. The first-order chi connectivity index (χ1) is 11.1. The van der Waals surface area contributed by atoms with E-state index in [0.29, 0.717) is 23.0 Å². The van der Waals surface area contributed by atoms with Gasteiger partial charge in [0.25, 0.3) is 0 Å². The van der Waals surface area contributed by atoms with Gasteiger partial charge in [0.1, 0.15) is 0 Å². The Bertz CT molecular complexity index is 752. The van der Waals surface area contributed by atoms with Crippen LogP contribution in [0.1, 0.15) is 11.1 Å². The molecule has 2 aromatic carbocycles. The highest BCUT2D eigenvalue weighted by Gasteiger charge is 2.26. The predicted molar refractivity (Wildman–Crippen MR) is 87.2 cm³/mol. The highest BCUT2D eigenvalue weighted by atomic mass is 16.5. The Hall–Kier alpha value is -2.56. The molecule has 5 heteroatoms. The van der Waals surface area contributed by atoms with Crippen molar-refractivity contribution >= 4 is 0 Å². The third-order valence-electron chi connectivity index (χ3n) is 4.27. The molecule has 3 rings (SSSR count). The van der Waals surface area contributed by atoms with Crippen molar-refractivity contribution < 1.29 is 24.1 Å². The van der Waals surface area contributed by atoms with Gasteiger partial charge in [0.05, 0.1) is 28.4 Å². The topological polar surface area (TPSA) is 57.2 Å². The SMILES string of the molecule is COc1cc2c(cc1OC)-c1c(cc(OC)c(O)c1OC)CC2. The van der Waals surface area contributed by atoms with E-state index in [4.69, 9.17) is 18.9 Å². The maximum atomic E-state index is 10.4. The molecule has 1 aliphatic rings. The minimum absolute atomic E-state index is 0.0105. The molecular weight excluding hydrogens is 296 g/mol. The fourth-order valence-corrected chi connectivity index (χ4v) is 3.15. The van der Waals surface area contributed by atoms with Gasteiger partial charge in [-0.25, -0.2) is 0 Å². The highest BCUT2D eigenvalue weighted by Crippen LogP contribution is 2.50. The summed E-state index contributed by atoms with van der Waals surface area (Å²) in [6.45, 7) is 0. The summed E-state index contributed by atoms with van der Waals surface area (Å²) in [5.41, 5.74) is 4.08. The van der Waals surface area contributed by atoms with Crippen LogP contribution in [-0.4, -0.2) is 33.5 Å². The highest BCUT2D eigenvalue weighted by molar-refractivity contribution is 5.84. The van der Waals surface area contributed by atoms with Crippen LogP contribution in [0.5, 0.6) is 28.7 Å². The molecular formula is C18H20O5. The van der Waals surface area contributed by atoms with E-state index in [1.54, 1.807) is 21.3 Å². The lowest BCUT2D eigenvalue weighted by Gasteiger charge is -2.25. The number of benzene rings is 2. The molecule has 2 aromatic rings. The molecule has 1 aliphatic carbocycles. The second-order valence-corrected chi connectivity index (χ2v) is 5.36. The van der Waals surface area contributed by atoms with E-state index in [2.05, 4.69) is 0 Å². The van der Waals surface area contributed by atoms with Crippen LogP contribution in [0.15, 0.2) is 18.2 Å². The molecule has 0 heterocycles. The molecule has 0 fully saturated rings. The number of aromatic hydroxyl groups is 1. The number of rotatable bonds is 4. The number of ether oxygens (including phenoxy) is 4. The molecule has 0 spiro atoms. The minimum atomic E-state index is 0.0105. The molecule has 0 bridgehead atoms. The standard InChI is InChI=1S/C18H20O5/c1-20-13-7-10-5-6-11-8-15(22-3)17(19)18(23-4)16(11)12(10)9-14(13)21-2/h7-9,19H,5-6H2,1-4H3. The quantitative estimate of drug-likeness (QED) is 0.939. The predicted octanol–water partition coefficient (Wildman–Crippen LogP) is 3.19. The summed E-state index contributed by atoms with van der Waals surface area (Å²) >= 11 is 0. The second-order valence-electron chi connectivity index (χ2n) is 5.36. The van der Waals surface area contributed by atoms with Crippen LogP contribution in [0.25, 0.3) is 11.1 Å². The normalized spacial score (nSPS) is 12.2. The Morgan fingerprint density at radius 3 is 1.91 bits per heavy atom. The van der Waals surface area contributed by atoms with Crippen molar-refractivity contribution in [3.63, 3.8) is 0 Å². The Balaban J connectivity index is 2.29. The van der Waals surface area contributed by atoms with E-state index in [0.717, 1.165) is 35.1 Å². The molecule has 0 saturated heterocycles. The Morgan fingerprint density at radius 1 is 0.739 bits per heavy atom. The summed E-state index contributed by atoms with van der Waals surface area (Å²) < 4.78 is 21.5. The number of fused-ring (bicyclic) bond motifs is 3. The Labute approximate surface area is 135 Å².